The van der Waals surface area contributed by atoms with Crippen molar-refractivity contribution in [3.8, 4) is 11.5 Å². The fraction of sp³-hybridized carbons (Fsp3) is 0.462. The molecule has 1 unspecified atom stereocenters. The Morgan fingerprint density at radius 3 is 3.06 bits per heavy atom. The SMILES string of the molecule is CN1C(=O)CCNCC1c1ccc2c(c1)OCO2. The molecule has 18 heavy (non-hydrogen) atoms. The van der Waals surface area contributed by atoms with Gasteiger partial charge in [0.05, 0.1) is 6.04 Å². The van der Waals surface area contributed by atoms with Crippen LogP contribution < -0.4 is 14.8 Å². The maximum atomic E-state index is 11.9. The second kappa shape index (κ2) is 4.49. The number of nitrogens with zero attached hydrogens (tertiary/aromatic N) is 1. The largest absolute Gasteiger partial charge is 0.454 e. The molecular formula is C13H16N2O3. The maximum absolute atomic E-state index is 11.9. The van der Waals surface area contributed by atoms with Crippen LogP contribution in [0.1, 0.15) is 18.0 Å². The summed E-state index contributed by atoms with van der Waals surface area (Å²) in [7, 11) is 1.85. The highest BCUT2D eigenvalue weighted by Crippen LogP contribution is 2.35. The van der Waals surface area contributed by atoms with E-state index in [0.29, 0.717) is 6.42 Å². The molecule has 5 heteroatoms. The van der Waals surface area contributed by atoms with E-state index in [1.807, 2.05) is 25.2 Å². The number of nitrogens with one attached hydrogen (secondary N) is 1. The Bertz CT molecular complexity index is 475. The first-order chi connectivity index (χ1) is 8.75. The maximum Gasteiger partial charge on any atom is 0.231 e. The first-order valence-electron chi connectivity index (χ1n) is 6.11. The highest BCUT2D eigenvalue weighted by Gasteiger charge is 2.25. The Kier molecular flexibility index (Phi) is 2.83. The van der Waals surface area contributed by atoms with Crippen molar-refractivity contribution < 1.29 is 14.3 Å². The van der Waals surface area contributed by atoms with Gasteiger partial charge in [-0.3, -0.25) is 4.79 Å². The highest BCUT2D eigenvalue weighted by molar-refractivity contribution is 5.77. The third-order valence-corrected chi connectivity index (χ3v) is 3.50. The molecule has 0 saturated carbocycles. The third kappa shape index (κ3) is 1.90. The van der Waals surface area contributed by atoms with Gasteiger partial charge in [-0.1, -0.05) is 6.07 Å². The summed E-state index contributed by atoms with van der Waals surface area (Å²) >= 11 is 0. The molecule has 0 spiro atoms. The van der Waals surface area contributed by atoms with Crippen molar-refractivity contribution in [3.05, 3.63) is 23.8 Å². The van der Waals surface area contributed by atoms with Crippen LogP contribution in [0.15, 0.2) is 18.2 Å². The van der Waals surface area contributed by atoms with E-state index in [2.05, 4.69) is 5.32 Å². The minimum Gasteiger partial charge on any atom is -0.454 e. The molecule has 96 valence electrons. The van der Waals surface area contributed by atoms with Gasteiger partial charge >= 0.3 is 0 Å². The first kappa shape index (κ1) is 11.3. The predicted octanol–water partition coefficient (Wildman–Crippen LogP) is 0.908. The number of hydrogen-bond acceptors (Lipinski definition) is 4. The quantitative estimate of drug-likeness (QED) is 0.802. The molecule has 2 heterocycles. The van der Waals surface area contributed by atoms with Crippen LogP contribution in [-0.2, 0) is 4.79 Å². The van der Waals surface area contributed by atoms with Crippen LogP contribution in [0.4, 0.5) is 0 Å². The van der Waals surface area contributed by atoms with Crippen molar-refractivity contribution in [1.29, 1.82) is 0 Å². The predicted molar refractivity (Wildman–Crippen MR) is 65.6 cm³/mol. The molecule has 5 nitrogen and oxygen atoms in total. The van der Waals surface area contributed by atoms with Crippen molar-refractivity contribution in [2.45, 2.75) is 12.5 Å². The molecule has 1 atom stereocenters. The van der Waals surface area contributed by atoms with Crippen molar-refractivity contribution in [2.24, 2.45) is 0 Å². The second-order valence-electron chi connectivity index (χ2n) is 4.59. The van der Waals surface area contributed by atoms with Gasteiger partial charge in [-0.2, -0.15) is 0 Å². The van der Waals surface area contributed by atoms with Gasteiger partial charge in [-0.05, 0) is 17.7 Å². The molecule has 0 aliphatic carbocycles. The minimum atomic E-state index is 0.0505. The number of likely N-dealkylation sites (N-methyl/N-ethyl adjacent to an activating group) is 1. The summed E-state index contributed by atoms with van der Waals surface area (Å²) < 4.78 is 10.7. The zero-order chi connectivity index (χ0) is 12.5. The summed E-state index contributed by atoms with van der Waals surface area (Å²) in [5.41, 5.74) is 1.07. The van der Waals surface area contributed by atoms with Gasteiger partial charge in [0, 0.05) is 26.6 Å². The van der Waals surface area contributed by atoms with E-state index in [4.69, 9.17) is 9.47 Å². The van der Waals surface area contributed by atoms with Crippen LogP contribution >= 0.6 is 0 Å². The van der Waals surface area contributed by atoms with Crippen LogP contribution in [0, 0.1) is 0 Å². The molecule has 0 radical (unpaired) electrons. The molecule has 2 aliphatic rings. The first-order valence-corrected chi connectivity index (χ1v) is 6.11. The Hall–Kier alpha value is -1.75. The van der Waals surface area contributed by atoms with Crippen molar-refractivity contribution >= 4 is 5.91 Å². The molecule has 1 amide bonds. The topological polar surface area (TPSA) is 50.8 Å². The fourth-order valence-electron chi connectivity index (χ4n) is 2.38. The lowest BCUT2D eigenvalue weighted by Crippen LogP contribution is -2.32. The summed E-state index contributed by atoms with van der Waals surface area (Å²) in [5.74, 6) is 1.70. The number of rotatable bonds is 1. The van der Waals surface area contributed by atoms with Crippen molar-refractivity contribution in [3.63, 3.8) is 0 Å². The van der Waals surface area contributed by atoms with Crippen LogP contribution in [0.25, 0.3) is 0 Å². The van der Waals surface area contributed by atoms with Gasteiger partial charge in [0.25, 0.3) is 0 Å². The number of benzene rings is 1. The van der Waals surface area contributed by atoms with E-state index >= 15 is 0 Å². The van der Waals surface area contributed by atoms with E-state index in [9.17, 15) is 4.79 Å². The summed E-state index contributed by atoms with van der Waals surface area (Å²) in [4.78, 5) is 13.7. The van der Waals surface area contributed by atoms with Gasteiger partial charge in [-0.25, -0.2) is 0 Å². The van der Waals surface area contributed by atoms with Crippen LogP contribution in [0.3, 0.4) is 0 Å². The molecule has 1 fully saturated rings. The second-order valence-corrected chi connectivity index (χ2v) is 4.59. The molecule has 0 aromatic heterocycles. The lowest BCUT2D eigenvalue weighted by atomic mass is 10.0. The molecule has 1 saturated heterocycles. The summed E-state index contributed by atoms with van der Waals surface area (Å²) in [5, 5.41) is 3.29. The number of fused-ring (bicyclic) bond motifs is 1. The molecule has 1 N–H and O–H groups in total. The summed E-state index contributed by atoms with van der Waals surface area (Å²) in [6.07, 6.45) is 0.553. The monoisotopic (exact) mass is 248 g/mol. The Morgan fingerprint density at radius 1 is 1.33 bits per heavy atom. The molecule has 3 rings (SSSR count). The normalized spacial score (nSPS) is 23.1. The van der Waals surface area contributed by atoms with E-state index < -0.39 is 0 Å². The number of carbonyl (C=O) groups excluding carboxylic acids is 1. The van der Waals surface area contributed by atoms with Crippen LogP contribution in [-0.4, -0.2) is 37.7 Å². The van der Waals surface area contributed by atoms with Crippen molar-refractivity contribution in [2.75, 3.05) is 26.9 Å². The van der Waals surface area contributed by atoms with Crippen LogP contribution in [0.5, 0.6) is 11.5 Å². The Morgan fingerprint density at radius 2 is 2.17 bits per heavy atom. The van der Waals surface area contributed by atoms with E-state index in [-0.39, 0.29) is 18.7 Å². The fourth-order valence-corrected chi connectivity index (χ4v) is 2.38. The van der Waals surface area contributed by atoms with Gasteiger partial charge in [0.2, 0.25) is 12.7 Å². The van der Waals surface area contributed by atoms with Gasteiger partial charge in [0.15, 0.2) is 11.5 Å². The third-order valence-electron chi connectivity index (χ3n) is 3.50. The Labute approximate surface area is 106 Å². The lowest BCUT2D eigenvalue weighted by Gasteiger charge is -2.26. The van der Waals surface area contributed by atoms with E-state index in [1.165, 1.54) is 0 Å². The lowest BCUT2D eigenvalue weighted by molar-refractivity contribution is -0.131. The standard InChI is InChI=1S/C13H16N2O3/c1-15-10(7-14-5-4-13(15)16)9-2-3-11-12(6-9)18-8-17-11/h2-3,6,10,14H,4-5,7-8H2,1H3. The van der Waals surface area contributed by atoms with Gasteiger partial charge < -0.3 is 19.7 Å². The zero-order valence-electron chi connectivity index (χ0n) is 10.3. The number of ether oxygens (including phenoxy) is 2. The number of amides is 1. The number of hydrogen-bond donors (Lipinski definition) is 1. The molecule has 0 bridgehead atoms. The number of carbonyl (C=O) groups is 1. The summed E-state index contributed by atoms with van der Waals surface area (Å²) in [6.45, 7) is 1.78. The van der Waals surface area contributed by atoms with Crippen LogP contribution in [0.2, 0.25) is 0 Å². The zero-order valence-corrected chi connectivity index (χ0v) is 10.3. The van der Waals surface area contributed by atoms with Gasteiger partial charge in [0.1, 0.15) is 0 Å². The summed E-state index contributed by atoms with van der Waals surface area (Å²) in [6, 6.07) is 5.91. The molecule has 1 aromatic rings. The molecular weight excluding hydrogens is 232 g/mol. The minimum absolute atomic E-state index is 0.0505. The average Bonchev–Trinajstić information content (AvgIpc) is 2.78. The van der Waals surface area contributed by atoms with E-state index in [0.717, 1.165) is 30.2 Å². The smallest absolute Gasteiger partial charge is 0.231 e. The average molecular weight is 248 g/mol. The van der Waals surface area contributed by atoms with Gasteiger partial charge in [-0.15, -0.1) is 0 Å². The van der Waals surface area contributed by atoms with E-state index in [1.54, 1.807) is 4.90 Å². The highest BCUT2D eigenvalue weighted by atomic mass is 16.7. The molecule has 2 aliphatic heterocycles. The van der Waals surface area contributed by atoms with Crippen molar-refractivity contribution in [1.82, 2.24) is 10.2 Å². The Balaban J connectivity index is 1.90. The molecule has 1 aromatic carbocycles.